The van der Waals surface area contributed by atoms with Gasteiger partial charge in [-0.3, -0.25) is 14.8 Å². The molecule has 1 aliphatic heterocycles. The zero-order chi connectivity index (χ0) is 16.2. The Hall–Kier alpha value is -1.07. The number of H-pyrrole nitrogens is 1. The minimum Gasteiger partial charge on any atom is -0.351 e. The minimum atomic E-state index is -0.178. The molecule has 0 radical (unpaired) electrons. The third-order valence-corrected chi connectivity index (χ3v) is 5.78. The molecule has 0 bridgehead atoms. The number of amides is 1. The van der Waals surface area contributed by atoms with E-state index in [4.69, 9.17) is 11.6 Å². The number of aromatic amines is 1. The van der Waals surface area contributed by atoms with Crippen molar-refractivity contribution in [2.24, 2.45) is 0 Å². The van der Waals surface area contributed by atoms with E-state index in [0.29, 0.717) is 23.3 Å². The van der Waals surface area contributed by atoms with Crippen molar-refractivity contribution < 1.29 is 4.79 Å². The third-order valence-electron chi connectivity index (χ3n) is 5.32. The van der Waals surface area contributed by atoms with E-state index in [1.807, 2.05) is 6.92 Å². The Kier molecular flexibility index (Phi) is 5.59. The molecule has 1 aromatic heterocycles. The monoisotopic (exact) mass is 338 g/mol. The molecule has 5 nitrogen and oxygen atoms in total. The van der Waals surface area contributed by atoms with Gasteiger partial charge in [-0.25, -0.2) is 0 Å². The SMILES string of the molecule is Cc1[nH]nc(C(=O)NCC[C@H]2CCCCN2C2CCCC2)c1Cl. The predicted molar refractivity (Wildman–Crippen MR) is 91.9 cm³/mol. The number of rotatable bonds is 5. The van der Waals surface area contributed by atoms with Crippen LogP contribution >= 0.6 is 11.6 Å². The van der Waals surface area contributed by atoms with Gasteiger partial charge in [0.05, 0.1) is 10.7 Å². The molecule has 1 aliphatic carbocycles. The number of aryl methyl sites for hydroxylation is 1. The molecule has 1 amide bonds. The molecule has 0 aromatic carbocycles. The Morgan fingerprint density at radius 3 is 2.74 bits per heavy atom. The van der Waals surface area contributed by atoms with Crippen LogP contribution < -0.4 is 5.32 Å². The molecule has 2 heterocycles. The lowest BCUT2D eigenvalue weighted by molar-refractivity contribution is 0.0858. The van der Waals surface area contributed by atoms with Crippen LogP contribution in [-0.4, -0.2) is 46.2 Å². The fourth-order valence-electron chi connectivity index (χ4n) is 4.05. The average Bonchev–Trinajstić information content (AvgIpc) is 3.19. The first-order valence-electron chi connectivity index (χ1n) is 8.91. The number of aromatic nitrogens is 2. The van der Waals surface area contributed by atoms with Gasteiger partial charge in [-0.15, -0.1) is 0 Å². The van der Waals surface area contributed by atoms with Crippen LogP contribution in [0.3, 0.4) is 0 Å². The molecule has 23 heavy (non-hydrogen) atoms. The van der Waals surface area contributed by atoms with Crippen LogP contribution in [0.25, 0.3) is 0 Å². The molecule has 2 N–H and O–H groups in total. The molecule has 128 valence electrons. The van der Waals surface area contributed by atoms with Gasteiger partial charge in [0, 0.05) is 18.6 Å². The second-order valence-electron chi connectivity index (χ2n) is 6.88. The number of nitrogens with zero attached hydrogens (tertiary/aromatic N) is 2. The van der Waals surface area contributed by atoms with Crippen LogP contribution in [0.15, 0.2) is 0 Å². The highest BCUT2D eigenvalue weighted by atomic mass is 35.5. The molecular weight excluding hydrogens is 312 g/mol. The summed E-state index contributed by atoms with van der Waals surface area (Å²) in [7, 11) is 0. The van der Waals surface area contributed by atoms with Crippen molar-refractivity contribution in [3.8, 4) is 0 Å². The number of carbonyl (C=O) groups is 1. The molecule has 1 saturated heterocycles. The van der Waals surface area contributed by atoms with E-state index in [9.17, 15) is 4.79 Å². The molecule has 6 heteroatoms. The van der Waals surface area contributed by atoms with Crippen molar-refractivity contribution in [2.45, 2.75) is 70.4 Å². The number of carbonyl (C=O) groups excluding carboxylic acids is 1. The summed E-state index contributed by atoms with van der Waals surface area (Å²) in [6.45, 7) is 3.73. The molecule has 2 fully saturated rings. The van der Waals surface area contributed by atoms with Crippen LogP contribution in [0.2, 0.25) is 5.02 Å². The Morgan fingerprint density at radius 1 is 1.30 bits per heavy atom. The van der Waals surface area contributed by atoms with Gasteiger partial charge in [-0.2, -0.15) is 5.10 Å². The fourth-order valence-corrected chi connectivity index (χ4v) is 4.22. The summed E-state index contributed by atoms with van der Waals surface area (Å²) in [5.74, 6) is -0.178. The van der Waals surface area contributed by atoms with Crippen LogP contribution in [0.5, 0.6) is 0 Å². The summed E-state index contributed by atoms with van der Waals surface area (Å²) in [4.78, 5) is 14.9. The normalized spacial score (nSPS) is 23.3. The van der Waals surface area contributed by atoms with Gasteiger partial charge >= 0.3 is 0 Å². The Bertz CT molecular complexity index is 539. The lowest BCUT2D eigenvalue weighted by Gasteiger charge is -2.40. The highest BCUT2D eigenvalue weighted by Gasteiger charge is 2.30. The van der Waals surface area contributed by atoms with E-state index >= 15 is 0 Å². The second-order valence-corrected chi connectivity index (χ2v) is 7.26. The lowest BCUT2D eigenvalue weighted by atomic mass is 9.96. The van der Waals surface area contributed by atoms with Gasteiger partial charge in [0.2, 0.25) is 0 Å². The zero-order valence-electron chi connectivity index (χ0n) is 13.9. The van der Waals surface area contributed by atoms with Gasteiger partial charge in [0.25, 0.3) is 5.91 Å². The van der Waals surface area contributed by atoms with E-state index in [1.165, 1.54) is 51.5 Å². The second kappa shape index (κ2) is 7.67. The number of hydrogen-bond donors (Lipinski definition) is 2. The van der Waals surface area contributed by atoms with Crippen molar-refractivity contribution in [1.82, 2.24) is 20.4 Å². The fraction of sp³-hybridized carbons (Fsp3) is 0.765. The predicted octanol–water partition coefficient (Wildman–Crippen LogP) is 3.29. The quantitative estimate of drug-likeness (QED) is 0.866. The molecule has 0 spiro atoms. The zero-order valence-corrected chi connectivity index (χ0v) is 14.7. The van der Waals surface area contributed by atoms with Crippen molar-refractivity contribution in [2.75, 3.05) is 13.1 Å². The number of nitrogens with one attached hydrogen (secondary N) is 2. The third kappa shape index (κ3) is 3.89. The molecule has 1 saturated carbocycles. The van der Waals surface area contributed by atoms with E-state index in [0.717, 1.165) is 18.2 Å². The molecular formula is C17H27ClN4O. The van der Waals surface area contributed by atoms with E-state index in [2.05, 4.69) is 20.4 Å². The largest absolute Gasteiger partial charge is 0.351 e. The maximum Gasteiger partial charge on any atom is 0.273 e. The Balaban J connectivity index is 1.50. The summed E-state index contributed by atoms with van der Waals surface area (Å²) in [6.07, 6.45) is 10.4. The van der Waals surface area contributed by atoms with E-state index < -0.39 is 0 Å². The number of piperidine rings is 1. The van der Waals surface area contributed by atoms with Gasteiger partial charge in [-0.05, 0) is 45.6 Å². The highest BCUT2D eigenvalue weighted by molar-refractivity contribution is 6.34. The molecule has 3 rings (SSSR count). The van der Waals surface area contributed by atoms with E-state index in [1.54, 1.807) is 0 Å². The molecule has 0 unspecified atom stereocenters. The summed E-state index contributed by atoms with van der Waals surface area (Å²) < 4.78 is 0. The van der Waals surface area contributed by atoms with Crippen molar-refractivity contribution >= 4 is 17.5 Å². The maximum absolute atomic E-state index is 12.2. The first-order chi connectivity index (χ1) is 11.2. The first-order valence-corrected chi connectivity index (χ1v) is 9.29. The first kappa shape index (κ1) is 16.8. The van der Waals surface area contributed by atoms with Gasteiger partial charge in [0.15, 0.2) is 5.69 Å². The van der Waals surface area contributed by atoms with Gasteiger partial charge < -0.3 is 5.32 Å². The van der Waals surface area contributed by atoms with Crippen LogP contribution in [0.1, 0.15) is 67.5 Å². The van der Waals surface area contributed by atoms with Gasteiger partial charge in [0.1, 0.15) is 0 Å². The minimum absolute atomic E-state index is 0.178. The van der Waals surface area contributed by atoms with Crippen molar-refractivity contribution in [3.63, 3.8) is 0 Å². The topological polar surface area (TPSA) is 61.0 Å². The molecule has 1 aromatic rings. The highest BCUT2D eigenvalue weighted by Crippen LogP contribution is 2.30. The van der Waals surface area contributed by atoms with Crippen LogP contribution in [-0.2, 0) is 0 Å². The maximum atomic E-state index is 12.2. The van der Waals surface area contributed by atoms with Gasteiger partial charge in [-0.1, -0.05) is 30.9 Å². The van der Waals surface area contributed by atoms with Crippen LogP contribution in [0.4, 0.5) is 0 Å². The van der Waals surface area contributed by atoms with Crippen molar-refractivity contribution in [3.05, 3.63) is 16.4 Å². The number of halogens is 1. The Labute approximate surface area is 143 Å². The van der Waals surface area contributed by atoms with Crippen molar-refractivity contribution in [1.29, 1.82) is 0 Å². The standard InChI is InChI=1S/C17H27ClN4O/c1-12-15(18)16(21-20-12)17(23)19-10-9-14-8-4-5-11-22(14)13-6-2-3-7-13/h13-14H,2-11H2,1H3,(H,19,23)(H,20,21)/t14-/m1/s1. The summed E-state index contributed by atoms with van der Waals surface area (Å²) >= 11 is 6.08. The summed E-state index contributed by atoms with van der Waals surface area (Å²) in [6, 6.07) is 1.39. The lowest BCUT2D eigenvalue weighted by Crippen LogP contribution is -2.46. The Morgan fingerprint density at radius 2 is 2.04 bits per heavy atom. The molecule has 2 aliphatic rings. The number of hydrogen-bond acceptors (Lipinski definition) is 3. The average molecular weight is 339 g/mol. The summed E-state index contributed by atoms with van der Waals surface area (Å²) in [5.41, 5.74) is 1.04. The van der Waals surface area contributed by atoms with Crippen LogP contribution in [0, 0.1) is 6.92 Å². The number of likely N-dealkylation sites (tertiary alicyclic amines) is 1. The summed E-state index contributed by atoms with van der Waals surface area (Å²) in [5, 5.41) is 10.1. The smallest absolute Gasteiger partial charge is 0.273 e. The molecule has 1 atom stereocenters. The van der Waals surface area contributed by atoms with E-state index in [-0.39, 0.29) is 5.91 Å².